The first kappa shape index (κ1) is 23.2. The number of oxime groups is 1. The summed E-state index contributed by atoms with van der Waals surface area (Å²) in [6.45, 7) is 11.6. The number of hydrogen-bond donors (Lipinski definition) is 3. The number of nitrogens with zero attached hydrogens (tertiary/aromatic N) is 1. The Hall–Kier alpha value is -1.43. The van der Waals surface area contributed by atoms with Crippen molar-refractivity contribution in [3.05, 3.63) is 35.5 Å². The van der Waals surface area contributed by atoms with E-state index < -0.39 is 12.2 Å². The maximum absolute atomic E-state index is 10.1. The molecule has 0 aromatic carbocycles. The molecule has 0 bridgehead atoms. The summed E-state index contributed by atoms with van der Waals surface area (Å²) in [6.07, 6.45) is 10.2. The summed E-state index contributed by atoms with van der Waals surface area (Å²) in [6, 6.07) is 0. The lowest BCUT2D eigenvalue weighted by molar-refractivity contribution is 0.0453. The van der Waals surface area contributed by atoms with Crippen LogP contribution < -0.4 is 0 Å². The fourth-order valence-electron chi connectivity index (χ4n) is 6.22. The summed E-state index contributed by atoms with van der Waals surface area (Å²) >= 11 is 0. The van der Waals surface area contributed by atoms with E-state index in [1.165, 1.54) is 31.3 Å². The van der Waals surface area contributed by atoms with E-state index >= 15 is 0 Å². The van der Waals surface area contributed by atoms with Crippen LogP contribution in [-0.2, 0) is 4.74 Å². The molecule has 3 fully saturated rings. The normalized spacial score (nSPS) is 38.8. The fourth-order valence-corrected chi connectivity index (χ4v) is 6.22. The van der Waals surface area contributed by atoms with Gasteiger partial charge in [0, 0.05) is 13.0 Å². The molecule has 0 aliphatic heterocycles. The second kappa shape index (κ2) is 9.80. The predicted molar refractivity (Wildman–Crippen MR) is 120 cm³/mol. The van der Waals surface area contributed by atoms with E-state index in [-0.39, 0.29) is 5.41 Å². The zero-order valence-electron chi connectivity index (χ0n) is 18.8. The van der Waals surface area contributed by atoms with Gasteiger partial charge in [-0.3, -0.25) is 0 Å². The first-order chi connectivity index (χ1) is 14.3. The lowest BCUT2D eigenvalue weighted by Crippen LogP contribution is -2.37. The van der Waals surface area contributed by atoms with Crippen LogP contribution in [0.2, 0.25) is 0 Å². The molecule has 0 spiro atoms. The molecule has 5 heteroatoms. The van der Waals surface area contributed by atoms with Gasteiger partial charge in [-0.1, -0.05) is 43.3 Å². The van der Waals surface area contributed by atoms with E-state index in [4.69, 9.17) is 9.94 Å². The van der Waals surface area contributed by atoms with Crippen LogP contribution in [0.3, 0.4) is 0 Å². The fraction of sp³-hybridized carbons (Fsp3) is 0.720. The van der Waals surface area contributed by atoms with Crippen LogP contribution in [-0.4, -0.2) is 46.6 Å². The molecule has 0 saturated heterocycles. The molecular formula is C25H39NO4. The highest BCUT2D eigenvalue weighted by Crippen LogP contribution is 2.59. The van der Waals surface area contributed by atoms with Gasteiger partial charge >= 0.3 is 0 Å². The third kappa shape index (κ3) is 4.90. The summed E-state index contributed by atoms with van der Waals surface area (Å²) in [5.74, 6) is 1.68. The van der Waals surface area contributed by atoms with E-state index in [1.54, 1.807) is 6.92 Å². The van der Waals surface area contributed by atoms with Crippen LogP contribution in [0.5, 0.6) is 0 Å². The van der Waals surface area contributed by atoms with Gasteiger partial charge in [-0.2, -0.15) is 0 Å². The van der Waals surface area contributed by atoms with Crippen molar-refractivity contribution >= 4 is 5.71 Å². The maximum Gasteiger partial charge on any atom is 0.0879 e. The summed E-state index contributed by atoms with van der Waals surface area (Å²) in [5.41, 5.74) is 4.14. The van der Waals surface area contributed by atoms with Gasteiger partial charge in [-0.15, -0.1) is 0 Å². The number of hydrogen-bond acceptors (Lipinski definition) is 5. The number of aliphatic hydroxyl groups excluding tert-OH is 2. The zero-order chi connectivity index (χ0) is 21.9. The molecule has 3 aliphatic carbocycles. The molecule has 3 saturated carbocycles. The van der Waals surface area contributed by atoms with E-state index in [2.05, 4.69) is 37.7 Å². The summed E-state index contributed by atoms with van der Waals surface area (Å²) in [5, 5.41) is 32.1. The number of allylic oxidation sites excluding steroid dienone is 3. The molecule has 0 unspecified atom stereocenters. The Morgan fingerprint density at radius 3 is 2.83 bits per heavy atom. The minimum Gasteiger partial charge on any atom is -0.411 e. The maximum atomic E-state index is 10.1. The van der Waals surface area contributed by atoms with Crippen molar-refractivity contribution < 1.29 is 20.2 Å². The Kier molecular flexibility index (Phi) is 7.59. The van der Waals surface area contributed by atoms with Gasteiger partial charge in [0.2, 0.25) is 0 Å². The molecular weight excluding hydrogens is 378 g/mol. The highest BCUT2D eigenvalue weighted by molar-refractivity contribution is 5.82. The van der Waals surface area contributed by atoms with Gasteiger partial charge in [0.25, 0.3) is 0 Å². The van der Waals surface area contributed by atoms with Crippen molar-refractivity contribution in [2.75, 3.05) is 13.2 Å². The zero-order valence-corrected chi connectivity index (χ0v) is 18.8. The molecule has 6 atom stereocenters. The summed E-state index contributed by atoms with van der Waals surface area (Å²) < 4.78 is 5.80. The van der Waals surface area contributed by atoms with Gasteiger partial charge in [0.05, 0.1) is 24.5 Å². The topological polar surface area (TPSA) is 82.3 Å². The van der Waals surface area contributed by atoms with Crippen LogP contribution in [0, 0.1) is 23.2 Å². The number of fused-ring (bicyclic) bond motifs is 1. The molecule has 3 aliphatic rings. The molecule has 0 aromatic rings. The van der Waals surface area contributed by atoms with Crippen LogP contribution in [0.15, 0.2) is 40.6 Å². The molecule has 0 aromatic heterocycles. The average molecular weight is 418 g/mol. The van der Waals surface area contributed by atoms with E-state index in [0.717, 1.165) is 17.6 Å². The van der Waals surface area contributed by atoms with Gasteiger partial charge < -0.3 is 20.2 Å². The summed E-state index contributed by atoms with van der Waals surface area (Å²) in [7, 11) is 0. The molecule has 0 amide bonds. The van der Waals surface area contributed by atoms with Gasteiger partial charge in [-0.25, -0.2) is 0 Å². The minimum absolute atomic E-state index is 0.286. The lowest BCUT2D eigenvalue weighted by atomic mass is 9.61. The average Bonchev–Trinajstić information content (AvgIpc) is 3.06. The molecule has 168 valence electrons. The minimum atomic E-state index is -0.633. The summed E-state index contributed by atoms with van der Waals surface area (Å²) in [4.78, 5) is 0. The molecule has 0 radical (unpaired) electrons. The van der Waals surface area contributed by atoms with Gasteiger partial charge in [0.1, 0.15) is 0 Å². The molecule has 3 N–H and O–H groups in total. The van der Waals surface area contributed by atoms with Crippen molar-refractivity contribution in [1.29, 1.82) is 0 Å². The quantitative estimate of drug-likeness (QED) is 0.334. The van der Waals surface area contributed by atoms with Crippen molar-refractivity contribution in [2.24, 2.45) is 28.3 Å². The van der Waals surface area contributed by atoms with Crippen molar-refractivity contribution in [3.63, 3.8) is 0 Å². The third-order valence-corrected chi connectivity index (χ3v) is 7.85. The Morgan fingerprint density at radius 1 is 1.33 bits per heavy atom. The van der Waals surface area contributed by atoms with Crippen LogP contribution >= 0.6 is 0 Å². The van der Waals surface area contributed by atoms with Crippen molar-refractivity contribution in [3.8, 4) is 0 Å². The largest absolute Gasteiger partial charge is 0.411 e. The second-order valence-corrected chi connectivity index (χ2v) is 9.99. The number of rotatable bonds is 6. The Bertz CT molecular complexity index is 725. The number of ether oxygens (including phenoxy) is 1. The lowest BCUT2D eigenvalue weighted by Gasteiger charge is -2.44. The monoisotopic (exact) mass is 417 g/mol. The number of aliphatic hydroxyl groups is 2. The van der Waals surface area contributed by atoms with Gasteiger partial charge in [0.15, 0.2) is 0 Å². The highest BCUT2D eigenvalue weighted by atomic mass is 16.5. The Labute approximate surface area is 181 Å². The third-order valence-electron chi connectivity index (χ3n) is 7.85. The predicted octanol–water partition coefficient (Wildman–Crippen LogP) is 4.63. The van der Waals surface area contributed by atoms with Crippen LogP contribution in [0.4, 0.5) is 0 Å². The van der Waals surface area contributed by atoms with Crippen molar-refractivity contribution in [1.82, 2.24) is 0 Å². The van der Waals surface area contributed by atoms with Gasteiger partial charge in [-0.05, 0) is 79.8 Å². The molecule has 0 heterocycles. The molecule has 30 heavy (non-hydrogen) atoms. The SMILES string of the molecule is C=C1/C(=C\C=C2/CCC[C@]3(C)[C@@H]([C@H](C)COC/C(C)=N\O)CC[C@@H]23)C[C@@H](O)C[C@@H]1O. The first-order valence-electron chi connectivity index (χ1n) is 11.5. The van der Waals surface area contributed by atoms with Crippen LogP contribution in [0.1, 0.15) is 65.7 Å². The first-order valence-corrected chi connectivity index (χ1v) is 11.5. The second-order valence-electron chi connectivity index (χ2n) is 9.99. The standard InChI is InChI=1S/C25H39NO4/c1-16(14-30-15-17(2)26-29)22-9-10-23-19(6-5-11-25(22,23)4)7-8-20-12-21(27)13-24(28)18(20)3/h7-8,16,21-24,27-29H,3,5-6,9-15H2,1-2,4H3/b19-7+,20-8-,26-17-/t16-,21-,22-,23+,24+,25-/m1/s1. The van der Waals surface area contributed by atoms with Crippen LogP contribution in [0.25, 0.3) is 0 Å². The highest BCUT2D eigenvalue weighted by Gasteiger charge is 2.50. The van der Waals surface area contributed by atoms with E-state index in [1.807, 2.05) is 0 Å². The van der Waals surface area contributed by atoms with E-state index in [0.29, 0.717) is 49.5 Å². The Balaban J connectivity index is 1.70. The molecule has 3 rings (SSSR count). The smallest absolute Gasteiger partial charge is 0.0879 e. The van der Waals surface area contributed by atoms with Crippen molar-refractivity contribution in [2.45, 2.75) is 77.9 Å². The Morgan fingerprint density at radius 2 is 2.10 bits per heavy atom. The molecule has 5 nitrogen and oxygen atoms in total. The van der Waals surface area contributed by atoms with E-state index in [9.17, 15) is 10.2 Å².